The molecule has 2 N–H and O–H groups in total. The van der Waals surface area contributed by atoms with E-state index >= 15 is 0 Å². The lowest BCUT2D eigenvalue weighted by molar-refractivity contribution is 0.0601. The maximum Gasteiger partial charge on any atom is 0.337 e. The van der Waals surface area contributed by atoms with E-state index in [1.54, 1.807) is 24.4 Å². The first-order chi connectivity index (χ1) is 10.6. The number of hydrogen-bond donors (Lipinski definition) is 2. The van der Waals surface area contributed by atoms with Gasteiger partial charge in [-0.05, 0) is 42.5 Å². The molecule has 1 aromatic heterocycles. The van der Waals surface area contributed by atoms with E-state index in [0.29, 0.717) is 27.9 Å². The van der Waals surface area contributed by atoms with Gasteiger partial charge in [0.1, 0.15) is 0 Å². The fraction of sp³-hybridized carbons (Fsp3) is 0.133. The molecule has 0 aliphatic rings. The van der Waals surface area contributed by atoms with Crippen LogP contribution in [0.2, 0.25) is 5.02 Å². The van der Waals surface area contributed by atoms with Crippen molar-refractivity contribution >= 4 is 40.6 Å². The third-order valence-electron chi connectivity index (χ3n) is 2.79. The van der Waals surface area contributed by atoms with Crippen molar-refractivity contribution in [1.29, 1.82) is 0 Å². The van der Waals surface area contributed by atoms with Crippen LogP contribution in [0.15, 0.2) is 42.6 Å². The molecule has 0 radical (unpaired) electrons. The number of anilines is 1. The number of ether oxygens (including phenoxy) is 1. The number of methoxy groups -OCH3 is 1. The molecule has 0 bridgehead atoms. The van der Waals surface area contributed by atoms with E-state index in [2.05, 4.69) is 20.4 Å². The largest absolute Gasteiger partial charge is 0.465 e. The van der Waals surface area contributed by atoms with E-state index in [0.717, 1.165) is 5.69 Å². The molecule has 114 valence electrons. The van der Waals surface area contributed by atoms with Gasteiger partial charge in [0.25, 0.3) is 0 Å². The number of nitrogens with one attached hydrogen (secondary N) is 2. The number of aromatic nitrogens is 1. The Morgan fingerprint density at radius 2 is 2.18 bits per heavy atom. The van der Waals surface area contributed by atoms with E-state index in [1.165, 1.54) is 7.11 Å². The molecule has 2 aromatic rings. The van der Waals surface area contributed by atoms with Crippen LogP contribution < -0.4 is 10.6 Å². The Kier molecular flexibility index (Phi) is 5.68. The van der Waals surface area contributed by atoms with Gasteiger partial charge in [-0.1, -0.05) is 17.7 Å². The fourth-order valence-corrected chi connectivity index (χ4v) is 2.05. The maximum atomic E-state index is 11.5. The number of carbonyl (C=O) groups is 1. The molecule has 0 atom stereocenters. The average molecular weight is 336 g/mol. The summed E-state index contributed by atoms with van der Waals surface area (Å²) in [6.45, 7) is 0.487. The van der Waals surface area contributed by atoms with Crippen molar-refractivity contribution in [1.82, 2.24) is 10.3 Å². The summed E-state index contributed by atoms with van der Waals surface area (Å²) in [5, 5.41) is 6.81. The quantitative estimate of drug-likeness (QED) is 0.661. The van der Waals surface area contributed by atoms with Gasteiger partial charge in [-0.2, -0.15) is 0 Å². The first-order valence-electron chi connectivity index (χ1n) is 6.43. The summed E-state index contributed by atoms with van der Waals surface area (Å²) in [7, 11) is 1.32. The highest BCUT2D eigenvalue weighted by atomic mass is 35.5. The highest BCUT2D eigenvalue weighted by molar-refractivity contribution is 7.80. The van der Waals surface area contributed by atoms with Crippen LogP contribution in [-0.4, -0.2) is 23.2 Å². The van der Waals surface area contributed by atoms with Gasteiger partial charge in [-0.15, -0.1) is 0 Å². The minimum atomic E-state index is -0.438. The molecule has 0 amide bonds. The second kappa shape index (κ2) is 7.72. The smallest absolute Gasteiger partial charge is 0.337 e. The van der Waals surface area contributed by atoms with Crippen LogP contribution in [-0.2, 0) is 11.3 Å². The Labute approximate surface area is 138 Å². The van der Waals surface area contributed by atoms with Crippen LogP contribution in [0.25, 0.3) is 0 Å². The zero-order chi connectivity index (χ0) is 15.9. The molecule has 0 unspecified atom stereocenters. The Bertz CT molecular complexity index is 680. The van der Waals surface area contributed by atoms with E-state index in [-0.39, 0.29) is 0 Å². The number of carbonyl (C=O) groups excluding carboxylic acids is 1. The molecule has 0 spiro atoms. The number of pyridine rings is 1. The van der Waals surface area contributed by atoms with Gasteiger partial charge in [0.2, 0.25) is 0 Å². The molecule has 1 aromatic carbocycles. The molecule has 0 saturated heterocycles. The predicted molar refractivity (Wildman–Crippen MR) is 90.1 cm³/mol. The zero-order valence-corrected chi connectivity index (χ0v) is 13.4. The van der Waals surface area contributed by atoms with Crippen LogP contribution in [0.3, 0.4) is 0 Å². The molecule has 0 aliphatic heterocycles. The topological polar surface area (TPSA) is 63.2 Å². The standard InChI is InChI=1S/C15H14ClN3O2S/c1-21-14(20)10-5-6-12(16)13(8-10)19-15(22)18-9-11-4-2-3-7-17-11/h2-8H,9H2,1H3,(H2,18,19,22). The van der Waals surface area contributed by atoms with Crippen LogP contribution in [0.1, 0.15) is 16.1 Å². The van der Waals surface area contributed by atoms with Crippen LogP contribution in [0.4, 0.5) is 5.69 Å². The average Bonchev–Trinajstić information content (AvgIpc) is 2.55. The number of hydrogen-bond acceptors (Lipinski definition) is 4. The molecule has 22 heavy (non-hydrogen) atoms. The van der Waals surface area contributed by atoms with E-state index in [1.807, 2.05) is 18.2 Å². The minimum absolute atomic E-state index is 0.384. The molecule has 5 nitrogen and oxygen atoms in total. The van der Waals surface area contributed by atoms with E-state index in [4.69, 9.17) is 23.8 Å². The highest BCUT2D eigenvalue weighted by Crippen LogP contribution is 2.23. The summed E-state index contributed by atoms with van der Waals surface area (Å²) < 4.78 is 4.67. The summed E-state index contributed by atoms with van der Waals surface area (Å²) in [5.41, 5.74) is 1.78. The highest BCUT2D eigenvalue weighted by Gasteiger charge is 2.10. The van der Waals surface area contributed by atoms with Gasteiger partial charge in [-0.3, -0.25) is 4.98 Å². The van der Waals surface area contributed by atoms with Crippen molar-refractivity contribution < 1.29 is 9.53 Å². The number of thiocarbonyl (C=S) groups is 1. The fourth-order valence-electron chi connectivity index (χ4n) is 1.71. The molecular weight excluding hydrogens is 322 g/mol. The number of halogens is 1. The van der Waals surface area contributed by atoms with Crippen LogP contribution in [0, 0.1) is 0 Å². The van der Waals surface area contributed by atoms with E-state index < -0.39 is 5.97 Å². The lowest BCUT2D eigenvalue weighted by Gasteiger charge is -2.12. The van der Waals surface area contributed by atoms with Gasteiger partial charge in [0, 0.05) is 6.20 Å². The second-order valence-electron chi connectivity index (χ2n) is 4.31. The van der Waals surface area contributed by atoms with Crippen LogP contribution in [0.5, 0.6) is 0 Å². The summed E-state index contributed by atoms with van der Waals surface area (Å²) >= 11 is 11.3. The monoisotopic (exact) mass is 335 g/mol. The van der Waals surface area contributed by atoms with Crippen LogP contribution >= 0.6 is 23.8 Å². The third-order valence-corrected chi connectivity index (χ3v) is 3.37. The number of esters is 1. The predicted octanol–water partition coefficient (Wildman–Crippen LogP) is 3.01. The van der Waals surface area contributed by atoms with Crippen molar-refractivity contribution in [3.05, 3.63) is 58.9 Å². The van der Waals surface area contributed by atoms with Crippen molar-refractivity contribution in [3.8, 4) is 0 Å². The summed E-state index contributed by atoms with van der Waals surface area (Å²) in [6, 6.07) is 10.4. The Morgan fingerprint density at radius 1 is 1.36 bits per heavy atom. The Morgan fingerprint density at radius 3 is 2.86 bits per heavy atom. The molecule has 0 aliphatic carbocycles. The van der Waals surface area contributed by atoms with Gasteiger partial charge in [0.15, 0.2) is 5.11 Å². The summed E-state index contributed by atoms with van der Waals surface area (Å²) in [4.78, 5) is 15.7. The number of nitrogens with zero attached hydrogens (tertiary/aromatic N) is 1. The number of benzene rings is 1. The van der Waals surface area contributed by atoms with Gasteiger partial charge in [-0.25, -0.2) is 4.79 Å². The Hall–Kier alpha value is -2.18. The van der Waals surface area contributed by atoms with Gasteiger partial charge in [0.05, 0.1) is 35.6 Å². The minimum Gasteiger partial charge on any atom is -0.465 e. The van der Waals surface area contributed by atoms with Gasteiger partial charge >= 0.3 is 5.97 Å². The molecule has 7 heteroatoms. The zero-order valence-electron chi connectivity index (χ0n) is 11.8. The van der Waals surface area contributed by atoms with Crippen molar-refractivity contribution in [2.75, 3.05) is 12.4 Å². The number of rotatable bonds is 4. The first kappa shape index (κ1) is 16.2. The maximum absolute atomic E-state index is 11.5. The SMILES string of the molecule is COC(=O)c1ccc(Cl)c(NC(=S)NCc2ccccn2)c1. The Balaban J connectivity index is 2.00. The second-order valence-corrected chi connectivity index (χ2v) is 5.13. The lowest BCUT2D eigenvalue weighted by atomic mass is 10.2. The van der Waals surface area contributed by atoms with Gasteiger partial charge < -0.3 is 15.4 Å². The molecule has 0 saturated carbocycles. The summed E-state index contributed by atoms with van der Waals surface area (Å²) in [6.07, 6.45) is 1.71. The van der Waals surface area contributed by atoms with E-state index in [9.17, 15) is 4.79 Å². The van der Waals surface area contributed by atoms with Crippen molar-refractivity contribution in [2.24, 2.45) is 0 Å². The third kappa shape index (κ3) is 4.41. The molecule has 2 rings (SSSR count). The molecule has 1 heterocycles. The lowest BCUT2D eigenvalue weighted by Crippen LogP contribution is -2.28. The first-order valence-corrected chi connectivity index (χ1v) is 7.21. The summed E-state index contributed by atoms with van der Waals surface area (Å²) in [5.74, 6) is -0.438. The molecular formula is C15H14ClN3O2S. The normalized spacial score (nSPS) is 9.91. The van der Waals surface area contributed by atoms with Crippen molar-refractivity contribution in [3.63, 3.8) is 0 Å². The van der Waals surface area contributed by atoms with Crippen molar-refractivity contribution in [2.45, 2.75) is 6.54 Å². The molecule has 0 fully saturated rings.